The highest BCUT2D eigenvalue weighted by Gasteiger charge is 2.17. The lowest BCUT2D eigenvalue weighted by Gasteiger charge is -2.15. The van der Waals surface area contributed by atoms with E-state index >= 15 is 0 Å². The van der Waals surface area contributed by atoms with Crippen LogP contribution in [-0.2, 0) is 21.4 Å². The van der Waals surface area contributed by atoms with Gasteiger partial charge in [-0.3, -0.25) is 4.79 Å². The van der Waals surface area contributed by atoms with Crippen molar-refractivity contribution in [3.05, 3.63) is 35.9 Å². The van der Waals surface area contributed by atoms with E-state index in [1.807, 2.05) is 42.2 Å². The number of guanidine groups is 1. The van der Waals surface area contributed by atoms with Crippen molar-refractivity contribution < 1.29 is 13.2 Å². The lowest BCUT2D eigenvalue weighted by Crippen LogP contribution is -2.42. The van der Waals surface area contributed by atoms with Gasteiger partial charge in [0.05, 0.1) is 5.75 Å². The Hall–Kier alpha value is -2.13. The number of nitrogens with zero attached hydrogens (tertiary/aromatic N) is 2. The number of amides is 1. The average Bonchev–Trinajstić information content (AvgIpc) is 3.20. The van der Waals surface area contributed by atoms with Crippen LogP contribution in [0.3, 0.4) is 0 Å². The normalized spacial score (nSPS) is 15.0. The molecule has 1 aromatic carbocycles. The number of carbonyl (C=O) groups is 1. The van der Waals surface area contributed by atoms with Crippen molar-refractivity contribution in [2.45, 2.75) is 26.3 Å². The van der Waals surface area contributed by atoms with E-state index in [2.05, 4.69) is 20.3 Å². The quantitative estimate of drug-likeness (QED) is 0.412. The van der Waals surface area contributed by atoms with E-state index in [0.29, 0.717) is 12.5 Å². The second-order valence-electron chi connectivity index (χ2n) is 6.34. The summed E-state index contributed by atoms with van der Waals surface area (Å²) in [6.45, 7) is 4.66. The monoisotopic (exact) mass is 395 g/mol. The summed E-state index contributed by atoms with van der Waals surface area (Å²) in [5.74, 6) is 0.370. The first-order chi connectivity index (χ1) is 13.0. The molecule has 0 aliphatic carbocycles. The molecule has 0 spiro atoms. The van der Waals surface area contributed by atoms with Crippen LogP contribution in [-0.4, -0.2) is 63.7 Å². The summed E-state index contributed by atoms with van der Waals surface area (Å²) in [4.78, 5) is 18.1. The number of benzene rings is 1. The van der Waals surface area contributed by atoms with Gasteiger partial charge in [-0.2, -0.15) is 0 Å². The van der Waals surface area contributed by atoms with Crippen molar-refractivity contribution in [3.63, 3.8) is 0 Å². The first kappa shape index (κ1) is 21.2. The van der Waals surface area contributed by atoms with Gasteiger partial charge in [0.25, 0.3) is 0 Å². The van der Waals surface area contributed by atoms with Crippen LogP contribution in [0.4, 0.5) is 0 Å². The molecule has 27 heavy (non-hydrogen) atoms. The molecule has 0 aromatic heterocycles. The maximum atomic E-state index is 12.1. The summed E-state index contributed by atoms with van der Waals surface area (Å²) < 4.78 is 26.8. The molecule has 1 aliphatic rings. The van der Waals surface area contributed by atoms with Crippen molar-refractivity contribution in [2.75, 3.05) is 38.5 Å². The Kier molecular flexibility index (Phi) is 8.53. The Balaban J connectivity index is 1.76. The number of nitrogens with one attached hydrogen (secondary N) is 3. The third kappa shape index (κ3) is 7.96. The smallest absolute Gasteiger partial charge is 0.244 e. The van der Waals surface area contributed by atoms with Gasteiger partial charge in [0.1, 0.15) is 6.54 Å². The van der Waals surface area contributed by atoms with E-state index in [9.17, 15) is 13.2 Å². The van der Waals surface area contributed by atoms with E-state index < -0.39 is 10.0 Å². The van der Waals surface area contributed by atoms with Gasteiger partial charge in [0.15, 0.2) is 5.96 Å². The highest BCUT2D eigenvalue weighted by atomic mass is 32.2. The van der Waals surface area contributed by atoms with E-state index in [4.69, 9.17) is 0 Å². The van der Waals surface area contributed by atoms with Crippen LogP contribution >= 0.6 is 0 Å². The van der Waals surface area contributed by atoms with Crippen LogP contribution in [0.2, 0.25) is 0 Å². The van der Waals surface area contributed by atoms with Crippen molar-refractivity contribution in [3.8, 4) is 0 Å². The van der Waals surface area contributed by atoms with Crippen molar-refractivity contribution in [1.82, 2.24) is 20.3 Å². The molecule has 2 rings (SSSR count). The number of likely N-dealkylation sites (tertiary alicyclic amines) is 1. The van der Waals surface area contributed by atoms with Crippen molar-refractivity contribution in [2.24, 2.45) is 4.99 Å². The molecule has 0 radical (unpaired) electrons. The maximum absolute atomic E-state index is 12.1. The van der Waals surface area contributed by atoms with Gasteiger partial charge in [-0.1, -0.05) is 30.3 Å². The zero-order chi connectivity index (χ0) is 19.5. The summed E-state index contributed by atoms with van der Waals surface area (Å²) >= 11 is 0. The number of aliphatic imine (C=N–C) groups is 1. The summed E-state index contributed by atoms with van der Waals surface area (Å²) in [7, 11) is -3.41. The van der Waals surface area contributed by atoms with Crippen molar-refractivity contribution >= 4 is 21.9 Å². The molecule has 0 atom stereocenters. The Morgan fingerprint density at radius 2 is 1.85 bits per heavy atom. The highest BCUT2D eigenvalue weighted by molar-refractivity contribution is 7.89. The lowest BCUT2D eigenvalue weighted by molar-refractivity contribution is -0.128. The van der Waals surface area contributed by atoms with Crippen molar-refractivity contribution in [1.29, 1.82) is 0 Å². The first-order valence-electron chi connectivity index (χ1n) is 9.31. The van der Waals surface area contributed by atoms with Crippen LogP contribution in [0.1, 0.15) is 25.3 Å². The van der Waals surface area contributed by atoms with Gasteiger partial charge in [-0.25, -0.2) is 18.1 Å². The molecule has 1 aromatic rings. The zero-order valence-corrected chi connectivity index (χ0v) is 16.6. The highest BCUT2D eigenvalue weighted by Crippen LogP contribution is 2.07. The molecule has 1 aliphatic heterocycles. The second kappa shape index (κ2) is 10.9. The molecule has 150 valence electrons. The zero-order valence-electron chi connectivity index (χ0n) is 15.8. The van der Waals surface area contributed by atoms with E-state index in [1.54, 1.807) is 0 Å². The molecule has 0 saturated carbocycles. The molecular formula is C18H29N5O3S. The van der Waals surface area contributed by atoms with Crippen LogP contribution in [0, 0.1) is 0 Å². The molecule has 1 saturated heterocycles. The predicted octanol–water partition coefficient (Wildman–Crippen LogP) is 0.284. The average molecular weight is 396 g/mol. The third-order valence-corrected chi connectivity index (χ3v) is 5.50. The van der Waals surface area contributed by atoms with Gasteiger partial charge >= 0.3 is 0 Å². The predicted molar refractivity (Wildman–Crippen MR) is 107 cm³/mol. The fourth-order valence-corrected chi connectivity index (χ4v) is 3.62. The Morgan fingerprint density at radius 3 is 2.52 bits per heavy atom. The third-order valence-electron chi connectivity index (χ3n) is 4.18. The van der Waals surface area contributed by atoms with Crippen LogP contribution in [0.5, 0.6) is 0 Å². The van der Waals surface area contributed by atoms with Gasteiger partial charge in [-0.15, -0.1) is 0 Å². The summed E-state index contributed by atoms with van der Waals surface area (Å²) in [6.07, 6.45) is 2.09. The molecule has 3 N–H and O–H groups in total. The lowest BCUT2D eigenvalue weighted by atomic mass is 10.2. The molecular weight excluding hydrogens is 366 g/mol. The minimum Gasteiger partial charge on any atom is -0.357 e. The number of rotatable bonds is 9. The molecule has 1 heterocycles. The molecule has 0 bridgehead atoms. The van der Waals surface area contributed by atoms with E-state index in [0.717, 1.165) is 31.5 Å². The standard InChI is InChI=1S/C18H29N5O3S/c1-2-19-18(21-15-17(24)23-11-6-7-12-23)20-10-13-27(25,26)22-14-16-8-4-3-5-9-16/h3-5,8-9,22H,2,6-7,10-15H2,1H3,(H2,19,20,21). The fourth-order valence-electron chi connectivity index (χ4n) is 2.72. The fraction of sp³-hybridized carbons (Fsp3) is 0.556. The maximum Gasteiger partial charge on any atom is 0.244 e. The largest absolute Gasteiger partial charge is 0.357 e. The Bertz CT molecular complexity index is 716. The molecule has 1 amide bonds. The van der Waals surface area contributed by atoms with Crippen LogP contribution in [0.15, 0.2) is 35.3 Å². The number of sulfonamides is 1. The molecule has 8 nitrogen and oxygen atoms in total. The number of hydrogen-bond acceptors (Lipinski definition) is 4. The summed E-state index contributed by atoms with van der Waals surface area (Å²) in [5, 5.41) is 6.00. The Morgan fingerprint density at radius 1 is 1.15 bits per heavy atom. The number of hydrogen-bond donors (Lipinski definition) is 3. The van der Waals surface area contributed by atoms with Gasteiger partial charge in [0.2, 0.25) is 15.9 Å². The van der Waals surface area contributed by atoms with Gasteiger partial charge < -0.3 is 15.5 Å². The van der Waals surface area contributed by atoms with Crippen LogP contribution in [0.25, 0.3) is 0 Å². The van der Waals surface area contributed by atoms with Crippen LogP contribution < -0.4 is 15.4 Å². The molecule has 0 unspecified atom stereocenters. The minimum absolute atomic E-state index is 0.00172. The number of carbonyl (C=O) groups excluding carboxylic acids is 1. The minimum atomic E-state index is -3.41. The van der Waals surface area contributed by atoms with Gasteiger partial charge in [-0.05, 0) is 25.3 Å². The first-order valence-corrected chi connectivity index (χ1v) is 11.0. The molecule has 9 heteroatoms. The van der Waals surface area contributed by atoms with E-state index in [1.165, 1.54) is 0 Å². The Labute approximate surface area is 161 Å². The summed E-state index contributed by atoms with van der Waals surface area (Å²) in [6, 6.07) is 9.36. The second-order valence-corrected chi connectivity index (χ2v) is 8.26. The summed E-state index contributed by atoms with van der Waals surface area (Å²) in [5.41, 5.74) is 0.907. The van der Waals surface area contributed by atoms with E-state index in [-0.39, 0.29) is 31.3 Å². The molecule has 1 fully saturated rings. The van der Waals surface area contributed by atoms with Gasteiger partial charge in [0, 0.05) is 32.7 Å². The topological polar surface area (TPSA) is 103 Å². The SMILES string of the molecule is CCNC(=NCC(=O)N1CCCC1)NCCS(=O)(=O)NCc1ccccc1.